The number of fused-ring (bicyclic) bond motifs is 1. The summed E-state index contributed by atoms with van der Waals surface area (Å²) in [5.41, 5.74) is 10.1. The highest BCUT2D eigenvalue weighted by Crippen LogP contribution is 2.33. The minimum atomic E-state index is -1.27. The Labute approximate surface area is 529 Å². The molecule has 0 unspecified atom stereocenters. The molecule has 2 heterocycles. The van der Waals surface area contributed by atoms with Crippen LogP contribution in [-0.2, 0) is 67.6 Å². The fourth-order valence-corrected chi connectivity index (χ4v) is 9.73. The van der Waals surface area contributed by atoms with Crippen molar-refractivity contribution in [1.29, 1.82) is 0 Å². The third-order valence-electron chi connectivity index (χ3n) is 14.5. The van der Waals surface area contributed by atoms with Gasteiger partial charge in [0.1, 0.15) is 35.2 Å². The quantitative estimate of drug-likeness (QED) is 0.0138. The van der Waals surface area contributed by atoms with Crippen LogP contribution in [0.15, 0.2) is 65.7 Å². The number of urea groups is 1. The molecule has 3 aromatic carbocycles. The largest absolute Gasteiger partial charge is 0.508 e. The highest BCUT2D eigenvalue weighted by Gasteiger charge is 2.35. The van der Waals surface area contributed by atoms with Crippen molar-refractivity contribution in [1.82, 2.24) is 67.2 Å². The zero-order valence-corrected chi connectivity index (χ0v) is 51.2. The van der Waals surface area contributed by atoms with Gasteiger partial charge in [0, 0.05) is 135 Å². The first-order valence-electron chi connectivity index (χ1n) is 30.0. The van der Waals surface area contributed by atoms with Gasteiger partial charge in [-0.1, -0.05) is 43.3 Å². The Morgan fingerprint density at radius 1 is 0.609 bits per heavy atom. The summed E-state index contributed by atoms with van der Waals surface area (Å²) in [7, 11) is 0. The third kappa shape index (κ3) is 27.5. The van der Waals surface area contributed by atoms with Gasteiger partial charge in [-0.05, 0) is 48.1 Å². The van der Waals surface area contributed by atoms with Crippen LogP contribution in [0.25, 0.3) is 0 Å². The summed E-state index contributed by atoms with van der Waals surface area (Å²) in [4.78, 5) is 142. The summed E-state index contributed by atoms with van der Waals surface area (Å²) in [6, 6.07) is 12.8. The van der Waals surface area contributed by atoms with Crippen molar-refractivity contribution in [3.05, 3.63) is 94.6 Å². The molecule has 92 heavy (non-hydrogen) atoms. The van der Waals surface area contributed by atoms with E-state index in [2.05, 4.69) is 47.7 Å². The van der Waals surface area contributed by atoms with Gasteiger partial charge in [0.05, 0.1) is 32.8 Å². The standard InChI is InChI=1S/C59H83F2N15O16/c1-2-48(78)65-18-19-67-59(90)70-58(62)66-15-5-9-47(56(88)68-31-44-45(60)29-42(77)30-46(44)61)69-57(89)55(76-32-40-7-3-4-8-41(40)33-76)39-10-12-43(13-11-39)91-28-6-16-63-51(81)38-92-71-49(79)14-17-64-50(80)34-72-20-22-73(35-52(82)83)24-26-75(37-54(86)87)27-25-74(23-21-72)36-53(84)85/h3-4,7-8,10-13,29-30,47,55,77H,2,5-6,9,14-28,31-38H2,1H3,(H,63,81)(H,64,80)(H,65,78)(H,68,88)(H,69,89)(H,71,79)(H,82,83)(H,84,85)(H,86,87)(H4,62,66,67,70,90)/t47-,55+/m1/s1. The molecule has 1 saturated heterocycles. The summed E-state index contributed by atoms with van der Waals surface area (Å²) < 4.78 is 35.4. The number of nitrogens with one attached hydrogen (secondary N) is 8. The molecule has 5 rings (SSSR count). The highest BCUT2D eigenvalue weighted by atomic mass is 19.1. The zero-order chi connectivity index (χ0) is 67.0. The van der Waals surface area contributed by atoms with E-state index in [1.54, 1.807) is 50.8 Å². The first-order valence-corrected chi connectivity index (χ1v) is 30.0. The van der Waals surface area contributed by atoms with Crippen LogP contribution in [0.5, 0.6) is 11.5 Å². The maximum Gasteiger partial charge on any atom is 0.344 e. The van der Waals surface area contributed by atoms with Gasteiger partial charge >= 0.3 is 23.9 Å². The van der Waals surface area contributed by atoms with Gasteiger partial charge in [-0.2, -0.15) is 4.99 Å². The molecule has 14 N–H and O–H groups in total. The normalized spacial score (nSPS) is 15.2. The van der Waals surface area contributed by atoms with Crippen molar-refractivity contribution in [2.75, 3.05) is 124 Å². The van der Waals surface area contributed by atoms with Crippen molar-refractivity contribution >= 4 is 65.3 Å². The van der Waals surface area contributed by atoms with E-state index >= 15 is 0 Å². The number of benzene rings is 3. The molecule has 0 aliphatic carbocycles. The molecule has 0 bridgehead atoms. The molecule has 8 amide bonds. The van der Waals surface area contributed by atoms with Crippen molar-refractivity contribution in [2.45, 2.75) is 70.7 Å². The summed E-state index contributed by atoms with van der Waals surface area (Å²) in [6.45, 7) is 2.54. The van der Waals surface area contributed by atoms with Gasteiger partial charge in [0.15, 0.2) is 12.6 Å². The molecule has 3 aromatic rings. The number of halogens is 2. The second-order valence-electron chi connectivity index (χ2n) is 21.6. The number of amides is 8. The number of ether oxygens (including phenoxy) is 1. The van der Waals surface area contributed by atoms with Crippen LogP contribution in [0.4, 0.5) is 13.6 Å². The van der Waals surface area contributed by atoms with Crippen molar-refractivity contribution in [2.24, 2.45) is 10.7 Å². The topological polar surface area (TPSA) is 421 Å². The average Bonchev–Trinajstić information content (AvgIpc) is 1.67. The van der Waals surface area contributed by atoms with E-state index < -0.39 is 102 Å². The van der Waals surface area contributed by atoms with Crippen LogP contribution in [0, 0.1) is 11.6 Å². The predicted molar refractivity (Wildman–Crippen MR) is 326 cm³/mol. The lowest BCUT2D eigenvalue weighted by Gasteiger charge is -2.32. The van der Waals surface area contributed by atoms with E-state index in [1.165, 1.54) is 0 Å². The molecular weight excluding hydrogens is 1210 g/mol. The summed E-state index contributed by atoms with van der Waals surface area (Å²) in [5.74, 6) is -9.09. The monoisotopic (exact) mass is 1300 g/mol. The molecule has 2 aliphatic rings. The Morgan fingerprint density at radius 2 is 1.13 bits per heavy atom. The summed E-state index contributed by atoms with van der Waals surface area (Å²) in [5, 5.41) is 56.5. The molecule has 33 heteroatoms. The number of carbonyl (C=O) groups excluding carboxylic acids is 7. The van der Waals surface area contributed by atoms with Gasteiger partial charge in [-0.15, -0.1) is 0 Å². The summed E-state index contributed by atoms with van der Waals surface area (Å²) >= 11 is 0. The molecule has 31 nitrogen and oxygen atoms in total. The lowest BCUT2D eigenvalue weighted by molar-refractivity contribution is -0.140. The number of carboxylic acid groups (broad SMARTS) is 3. The van der Waals surface area contributed by atoms with Crippen molar-refractivity contribution in [3.8, 4) is 11.5 Å². The minimum absolute atomic E-state index is 0.0252. The van der Waals surface area contributed by atoms with E-state index in [0.29, 0.717) is 43.0 Å². The van der Waals surface area contributed by atoms with Crippen LogP contribution in [0.1, 0.15) is 67.3 Å². The number of hydroxylamine groups is 1. The Morgan fingerprint density at radius 3 is 1.68 bits per heavy atom. The number of aliphatic imine (C=N–C) groups is 1. The first-order chi connectivity index (χ1) is 44.0. The lowest BCUT2D eigenvalue weighted by atomic mass is 10.0. The van der Waals surface area contributed by atoms with Gasteiger partial charge in [0.25, 0.3) is 0 Å². The number of phenolic OH excluding ortho intramolecular Hbond substituents is 1. The van der Waals surface area contributed by atoms with Crippen molar-refractivity contribution < 1.29 is 86.7 Å². The number of carboxylic acids is 3. The molecule has 2 aliphatic heterocycles. The number of aromatic hydroxyl groups is 1. The number of phenols is 1. The molecule has 1 fully saturated rings. The minimum Gasteiger partial charge on any atom is -0.508 e. The molecule has 0 saturated carbocycles. The highest BCUT2D eigenvalue weighted by molar-refractivity contribution is 5.92. The van der Waals surface area contributed by atoms with Gasteiger partial charge in [0.2, 0.25) is 35.4 Å². The van der Waals surface area contributed by atoms with Crippen LogP contribution in [0.3, 0.4) is 0 Å². The predicted octanol–water partition coefficient (Wildman–Crippen LogP) is -1.64. The second-order valence-corrected chi connectivity index (χ2v) is 21.6. The number of aliphatic carboxylic acids is 3. The summed E-state index contributed by atoms with van der Waals surface area (Å²) in [6.07, 6.45) is 0.566. The number of hydrogen-bond donors (Lipinski definition) is 13. The Kier molecular flexibility index (Phi) is 31.3. The number of nitrogens with zero attached hydrogens (tertiary/aromatic N) is 6. The van der Waals surface area contributed by atoms with E-state index in [9.17, 15) is 77.2 Å². The SMILES string of the molecule is CCC(=O)NCCNC(=O)/N=C(/N)NCCC[C@@H](NC(=O)[C@H](c1ccc(OCCCNC(=O)CONC(=O)CCNC(=O)CN2CCN(CC(=O)O)CCN(CC(=O)O)CCN(CC(=O)O)CC2)cc1)N1Cc2ccccc2C1)C(=O)NCc1c(F)cc(O)cc1F. The van der Waals surface area contributed by atoms with Crippen molar-refractivity contribution in [3.63, 3.8) is 0 Å². The molecule has 2 atom stereocenters. The molecule has 0 aromatic heterocycles. The maximum absolute atomic E-state index is 14.7. The number of hydrogen-bond acceptors (Lipinski definition) is 18. The van der Waals surface area contributed by atoms with E-state index in [4.69, 9.17) is 15.3 Å². The Hall–Kier alpha value is -9.15. The molecule has 0 radical (unpaired) electrons. The van der Waals surface area contributed by atoms with Crippen LogP contribution in [-0.4, -0.2) is 241 Å². The van der Waals surface area contributed by atoms with E-state index in [0.717, 1.165) is 11.1 Å². The fraction of sp³-hybridized carbons (Fsp3) is 0.508. The van der Waals surface area contributed by atoms with Gasteiger partial charge in [-0.25, -0.2) is 19.1 Å². The molecule has 504 valence electrons. The molecule has 0 spiro atoms. The first kappa shape index (κ1) is 73.6. The van der Waals surface area contributed by atoms with Crippen LogP contribution >= 0.6 is 0 Å². The van der Waals surface area contributed by atoms with E-state index in [1.807, 2.05) is 29.2 Å². The van der Waals surface area contributed by atoms with Crippen LogP contribution < -0.4 is 53.2 Å². The van der Waals surface area contributed by atoms with Gasteiger partial charge < -0.3 is 68.1 Å². The Balaban J connectivity index is 1.08. The lowest BCUT2D eigenvalue weighted by Crippen LogP contribution is -2.50. The zero-order valence-electron chi connectivity index (χ0n) is 51.2. The smallest absolute Gasteiger partial charge is 0.344 e. The Bertz CT molecular complexity index is 2940. The number of nitrogens with two attached hydrogens (primary N) is 1. The maximum atomic E-state index is 14.7. The number of guanidine groups is 1. The fourth-order valence-electron chi connectivity index (χ4n) is 9.73. The number of carbonyl (C=O) groups is 10. The molecular formula is C59H83F2N15O16. The second kappa shape index (κ2) is 39.2. The van der Waals surface area contributed by atoms with E-state index in [-0.39, 0.29) is 155 Å². The van der Waals surface area contributed by atoms with Gasteiger partial charge in [-0.3, -0.25) is 72.5 Å². The average molecular weight is 1300 g/mol. The number of rotatable bonds is 34. The third-order valence-corrected chi connectivity index (χ3v) is 14.5. The van der Waals surface area contributed by atoms with Crippen LogP contribution in [0.2, 0.25) is 0 Å².